The Labute approximate surface area is 76.5 Å². The lowest BCUT2D eigenvalue weighted by atomic mass is 9.40. The summed E-state index contributed by atoms with van der Waals surface area (Å²) in [5, 5.41) is 0.702. The molecular formula is C11H19B. The van der Waals surface area contributed by atoms with Crippen molar-refractivity contribution in [3.8, 4) is 0 Å². The molecular weight excluding hydrogens is 143 g/mol. The first-order valence-electron chi connectivity index (χ1n) is 5.66. The van der Waals surface area contributed by atoms with Crippen molar-refractivity contribution in [2.45, 2.75) is 44.3 Å². The van der Waals surface area contributed by atoms with Gasteiger partial charge in [-0.05, 0) is 55.8 Å². The molecule has 0 aromatic heterocycles. The number of hydrogen-bond acceptors (Lipinski definition) is 0. The van der Waals surface area contributed by atoms with Crippen LogP contribution in [-0.4, -0.2) is 7.85 Å². The molecule has 1 heteroatoms. The lowest BCUT2D eigenvalue weighted by Crippen LogP contribution is -2.47. The molecule has 0 aromatic rings. The fraction of sp³-hybridized carbons (Fsp3) is 1.00. The summed E-state index contributed by atoms with van der Waals surface area (Å²) < 4.78 is 0. The van der Waals surface area contributed by atoms with Gasteiger partial charge in [0.1, 0.15) is 7.85 Å². The maximum atomic E-state index is 2.53. The Bertz CT molecular complexity index is 177. The van der Waals surface area contributed by atoms with Crippen molar-refractivity contribution in [3.05, 3.63) is 0 Å². The molecule has 0 radical (unpaired) electrons. The van der Waals surface area contributed by atoms with Gasteiger partial charge in [-0.3, -0.25) is 0 Å². The predicted octanol–water partition coefficient (Wildman–Crippen LogP) is 2.25. The fourth-order valence-electron chi connectivity index (χ4n) is 4.40. The highest BCUT2D eigenvalue weighted by Gasteiger charge is 2.51. The lowest BCUT2D eigenvalue weighted by Gasteiger charge is -2.59. The number of rotatable bonds is 0. The molecule has 0 heterocycles. The Hall–Kier alpha value is 0.0649. The predicted molar refractivity (Wildman–Crippen MR) is 54.0 cm³/mol. The van der Waals surface area contributed by atoms with Crippen molar-refractivity contribution in [1.29, 1.82) is 0 Å². The van der Waals surface area contributed by atoms with Gasteiger partial charge >= 0.3 is 0 Å². The van der Waals surface area contributed by atoms with Crippen LogP contribution in [0.5, 0.6) is 0 Å². The molecule has 4 saturated carbocycles. The second-order valence-electron chi connectivity index (χ2n) is 6.13. The molecule has 0 atom stereocenters. The van der Waals surface area contributed by atoms with Crippen LogP contribution in [0.4, 0.5) is 0 Å². The van der Waals surface area contributed by atoms with Crippen molar-refractivity contribution >= 4 is 7.85 Å². The van der Waals surface area contributed by atoms with E-state index in [0.29, 0.717) is 5.31 Å². The van der Waals surface area contributed by atoms with Gasteiger partial charge in [0.2, 0.25) is 0 Å². The van der Waals surface area contributed by atoms with E-state index in [-0.39, 0.29) is 0 Å². The maximum Gasteiger partial charge on any atom is 0.109 e. The summed E-state index contributed by atoms with van der Waals surface area (Å²) in [7, 11) is 2.53. The third kappa shape index (κ3) is 0.804. The largest absolute Gasteiger partial charge is 0.109 e. The summed E-state index contributed by atoms with van der Waals surface area (Å²) in [6, 6.07) is 0. The molecule has 4 aliphatic carbocycles. The molecule has 0 aliphatic heterocycles. The Morgan fingerprint density at radius 3 is 1.75 bits per heavy atom. The highest BCUT2D eigenvalue weighted by molar-refractivity contribution is 6.15. The molecule has 4 rings (SSSR count). The van der Waals surface area contributed by atoms with Gasteiger partial charge in [-0.2, -0.15) is 0 Å². The molecule has 0 N–H and O–H groups in total. The average molecular weight is 162 g/mol. The normalized spacial score (nSPS) is 62.4. The van der Waals surface area contributed by atoms with Gasteiger partial charge in [-0.25, -0.2) is 0 Å². The van der Waals surface area contributed by atoms with Gasteiger partial charge in [0.25, 0.3) is 0 Å². The highest BCUT2D eigenvalue weighted by atomic mass is 14.5. The SMILES string of the molecule is BC1(C)C2CC3CC(C2)CC1C3. The van der Waals surface area contributed by atoms with Crippen molar-refractivity contribution < 1.29 is 0 Å². The topological polar surface area (TPSA) is 0 Å². The molecule has 0 spiro atoms. The van der Waals surface area contributed by atoms with E-state index in [4.69, 9.17) is 0 Å². The first kappa shape index (κ1) is 7.47. The summed E-state index contributed by atoms with van der Waals surface area (Å²) in [5.74, 6) is 4.46. The van der Waals surface area contributed by atoms with Crippen LogP contribution in [0.25, 0.3) is 0 Å². The summed E-state index contributed by atoms with van der Waals surface area (Å²) in [4.78, 5) is 0. The van der Waals surface area contributed by atoms with Crippen molar-refractivity contribution in [2.75, 3.05) is 0 Å². The molecule has 0 nitrogen and oxygen atoms in total. The zero-order valence-electron chi connectivity index (χ0n) is 8.34. The zero-order chi connectivity index (χ0) is 8.34. The highest BCUT2D eigenvalue weighted by Crippen LogP contribution is 2.64. The maximum absolute atomic E-state index is 2.53. The van der Waals surface area contributed by atoms with Gasteiger partial charge in [0.15, 0.2) is 0 Å². The summed E-state index contributed by atoms with van der Waals surface area (Å²) >= 11 is 0. The van der Waals surface area contributed by atoms with Crippen molar-refractivity contribution in [3.63, 3.8) is 0 Å². The summed E-state index contributed by atoms with van der Waals surface area (Å²) in [6.07, 6.45) is 7.86. The van der Waals surface area contributed by atoms with Crippen molar-refractivity contribution in [1.82, 2.24) is 0 Å². The Kier molecular flexibility index (Phi) is 1.31. The van der Waals surface area contributed by atoms with E-state index < -0.39 is 0 Å². The van der Waals surface area contributed by atoms with Crippen LogP contribution in [-0.2, 0) is 0 Å². The van der Waals surface area contributed by atoms with Crippen LogP contribution in [0.1, 0.15) is 39.0 Å². The molecule has 4 bridgehead atoms. The minimum atomic E-state index is 0.702. The van der Waals surface area contributed by atoms with Crippen LogP contribution in [0.15, 0.2) is 0 Å². The van der Waals surface area contributed by atoms with Gasteiger partial charge < -0.3 is 0 Å². The molecule has 4 fully saturated rings. The van der Waals surface area contributed by atoms with Crippen LogP contribution in [0, 0.1) is 23.7 Å². The summed E-state index contributed by atoms with van der Waals surface area (Å²) in [6.45, 7) is 2.53. The molecule has 12 heavy (non-hydrogen) atoms. The minimum absolute atomic E-state index is 0.702. The smallest absolute Gasteiger partial charge is 0.0664 e. The van der Waals surface area contributed by atoms with E-state index in [0.717, 1.165) is 23.7 Å². The third-order valence-corrected chi connectivity index (χ3v) is 5.24. The standard InChI is InChI=1S/C11H19B/c1-11(12)9-3-7-2-8(5-9)6-10(11)4-7/h7-10H,2-6,12H2,1H3. The van der Waals surface area contributed by atoms with E-state index in [2.05, 4.69) is 14.8 Å². The zero-order valence-corrected chi connectivity index (χ0v) is 8.34. The van der Waals surface area contributed by atoms with Gasteiger partial charge in [-0.1, -0.05) is 12.2 Å². The van der Waals surface area contributed by atoms with E-state index in [1.807, 2.05) is 0 Å². The van der Waals surface area contributed by atoms with E-state index >= 15 is 0 Å². The van der Waals surface area contributed by atoms with Gasteiger partial charge in [0, 0.05) is 0 Å². The average Bonchev–Trinajstić information content (AvgIpc) is 1.99. The van der Waals surface area contributed by atoms with Gasteiger partial charge in [0.05, 0.1) is 0 Å². The molecule has 0 amide bonds. The van der Waals surface area contributed by atoms with E-state index in [1.165, 1.54) is 0 Å². The quantitative estimate of drug-likeness (QED) is 0.479. The van der Waals surface area contributed by atoms with Crippen LogP contribution < -0.4 is 0 Å². The van der Waals surface area contributed by atoms with E-state index in [1.54, 1.807) is 32.1 Å². The Morgan fingerprint density at radius 2 is 1.33 bits per heavy atom. The minimum Gasteiger partial charge on any atom is -0.0664 e. The molecule has 4 aliphatic rings. The van der Waals surface area contributed by atoms with Crippen LogP contribution in [0.3, 0.4) is 0 Å². The summed E-state index contributed by atoms with van der Waals surface area (Å²) in [5.41, 5.74) is 0. The second-order valence-corrected chi connectivity index (χ2v) is 6.13. The van der Waals surface area contributed by atoms with Gasteiger partial charge in [-0.15, -0.1) is 0 Å². The van der Waals surface area contributed by atoms with Crippen molar-refractivity contribution in [2.24, 2.45) is 23.7 Å². The Morgan fingerprint density at radius 1 is 0.917 bits per heavy atom. The van der Waals surface area contributed by atoms with Crippen LogP contribution in [0.2, 0.25) is 5.31 Å². The molecule has 66 valence electrons. The molecule has 0 saturated heterocycles. The molecule has 0 unspecified atom stereocenters. The van der Waals surface area contributed by atoms with E-state index in [9.17, 15) is 0 Å². The lowest BCUT2D eigenvalue weighted by molar-refractivity contribution is -0.0177. The molecule has 0 aromatic carbocycles. The Balaban J connectivity index is 1.96. The second kappa shape index (κ2) is 2.11. The first-order valence-corrected chi connectivity index (χ1v) is 5.66. The fourth-order valence-corrected chi connectivity index (χ4v) is 4.40. The number of hydrogen-bond donors (Lipinski definition) is 0. The monoisotopic (exact) mass is 162 g/mol. The first-order chi connectivity index (χ1) is 5.66. The third-order valence-electron chi connectivity index (χ3n) is 5.24. The van der Waals surface area contributed by atoms with Crippen LogP contribution >= 0.6 is 0 Å².